The van der Waals surface area contributed by atoms with Crippen molar-refractivity contribution in [3.63, 3.8) is 0 Å². The van der Waals surface area contributed by atoms with E-state index in [2.05, 4.69) is 24.8 Å². The maximum Gasteiger partial charge on any atom is 0.229 e. The van der Waals surface area contributed by atoms with Gasteiger partial charge in [-0.05, 0) is 12.1 Å². The molecule has 0 unspecified atom stereocenters. The van der Waals surface area contributed by atoms with Gasteiger partial charge in [0.05, 0.1) is 30.6 Å². The third-order valence-corrected chi connectivity index (χ3v) is 4.22. The number of nitrogens with zero attached hydrogens (tertiary/aromatic N) is 6. The average molecular weight is 394 g/mol. The standard InChI is InChI=1S/C16H15N7O.2ClH/c1-2-4-12-11(3-1)19-10-23(12)15-13-14(18-9-17-13)20-16(21-15)22-5-7-24-8-6-22;;/h1-4,9-10H,5-8H2,(H,17,18,20,21);2*1H. The fraction of sp³-hybridized carbons (Fsp3) is 0.250. The Balaban J connectivity index is 0.000000980. The van der Waals surface area contributed by atoms with Crippen molar-refractivity contribution < 1.29 is 4.74 Å². The van der Waals surface area contributed by atoms with Gasteiger partial charge in [-0.2, -0.15) is 9.97 Å². The summed E-state index contributed by atoms with van der Waals surface area (Å²) in [5.41, 5.74) is 3.37. The first-order valence-corrected chi connectivity index (χ1v) is 7.86. The number of nitrogens with one attached hydrogen (secondary N) is 1. The van der Waals surface area contributed by atoms with Gasteiger partial charge in [0.1, 0.15) is 6.33 Å². The van der Waals surface area contributed by atoms with Gasteiger partial charge in [0.25, 0.3) is 0 Å². The third-order valence-electron chi connectivity index (χ3n) is 4.22. The summed E-state index contributed by atoms with van der Waals surface area (Å²) in [6.45, 7) is 2.94. The lowest BCUT2D eigenvalue weighted by Crippen LogP contribution is -2.37. The molecule has 4 aromatic rings. The van der Waals surface area contributed by atoms with Gasteiger partial charge in [0, 0.05) is 13.1 Å². The van der Waals surface area contributed by atoms with E-state index in [0.717, 1.165) is 41.1 Å². The van der Waals surface area contributed by atoms with Gasteiger partial charge in [-0.1, -0.05) is 12.1 Å². The molecule has 1 N–H and O–H groups in total. The highest BCUT2D eigenvalue weighted by Crippen LogP contribution is 2.24. The van der Waals surface area contributed by atoms with Crippen LogP contribution < -0.4 is 4.90 Å². The summed E-state index contributed by atoms with van der Waals surface area (Å²) >= 11 is 0. The SMILES string of the molecule is Cl.Cl.c1ccc2c(c1)ncn2-c1nc(N2CCOCC2)nc2[nH]cnc12. The summed E-state index contributed by atoms with van der Waals surface area (Å²) in [6.07, 6.45) is 3.43. The van der Waals surface area contributed by atoms with Crippen molar-refractivity contribution in [2.24, 2.45) is 0 Å². The Morgan fingerprint density at radius 2 is 1.81 bits per heavy atom. The van der Waals surface area contributed by atoms with E-state index in [4.69, 9.17) is 9.72 Å². The number of benzene rings is 1. The number of hydrogen-bond donors (Lipinski definition) is 1. The second kappa shape index (κ2) is 7.45. The summed E-state index contributed by atoms with van der Waals surface area (Å²) < 4.78 is 7.38. The molecule has 5 rings (SSSR count). The summed E-state index contributed by atoms with van der Waals surface area (Å²) in [7, 11) is 0. The first kappa shape index (κ1) is 18.4. The lowest BCUT2D eigenvalue weighted by atomic mass is 10.3. The van der Waals surface area contributed by atoms with E-state index in [9.17, 15) is 0 Å². The Morgan fingerprint density at radius 1 is 1.00 bits per heavy atom. The number of imidazole rings is 2. The van der Waals surface area contributed by atoms with E-state index in [1.807, 2.05) is 28.8 Å². The maximum absolute atomic E-state index is 5.42. The molecule has 0 saturated carbocycles. The Bertz CT molecular complexity index is 1030. The van der Waals surface area contributed by atoms with Crippen LogP contribution in [-0.2, 0) is 4.74 Å². The van der Waals surface area contributed by atoms with Crippen LogP contribution in [0.3, 0.4) is 0 Å². The zero-order chi connectivity index (χ0) is 15.9. The second-order valence-corrected chi connectivity index (χ2v) is 5.65. The van der Waals surface area contributed by atoms with E-state index in [1.54, 1.807) is 12.7 Å². The molecule has 0 amide bonds. The van der Waals surface area contributed by atoms with Gasteiger partial charge in [-0.25, -0.2) is 9.97 Å². The third kappa shape index (κ3) is 2.96. The molecule has 1 fully saturated rings. The van der Waals surface area contributed by atoms with Crippen LogP contribution in [0.25, 0.3) is 28.0 Å². The topological polar surface area (TPSA) is 84.8 Å². The first-order valence-electron chi connectivity index (χ1n) is 7.86. The Morgan fingerprint density at radius 3 is 2.65 bits per heavy atom. The number of anilines is 1. The zero-order valence-electron chi connectivity index (χ0n) is 13.7. The van der Waals surface area contributed by atoms with Crippen LogP contribution in [0.5, 0.6) is 0 Å². The molecule has 1 aliphatic rings. The minimum atomic E-state index is 0. The van der Waals surface area contributed by atoms with E-state index in [1.165, 1.54) is 0 Å². The highest BCUT2D eigenvalue weighted by molar-refractivity contribution is 5.86. The predicted octanol–water partition coefficient (Wildman–Crippen LogP) is 2.37. The number of morpholine rings is 1. The van der Waals surface area contributed by atoms with Crippen molar-refractivity contribution >= 4 is 53.0 Å². The smallest absolute Gasteiger partial charge is 0.229 e. The quantitative estimate of drug-likeness (QED) is 0.562. The zero-order valence-corrected chi connectivity index (χ0v) is 15.3. The molecule has 136 valence electrons. The van der Waals surface area contributed by atoms with E-state index < -0.39 is 0 Å². The highest BCUT2D eigenvalue weighted by atomic mass is 35.5. The Labute approximate surface area is 161 Å². The number of para-hydroxylation sites is 2. The van der Waals surface area contributed by atoms with Crippen LogP contribution in [0.2, 0.25) is 0 Å². The molecule has 0 bridgehead atoms. The van der Waals surface area contributed by atoms with Gasteiger partial charge in [-0.3, -0.25) is 4.57 Å². The molecule has 10 heteroatoms. The number of halogens is 2. The minimum absolute atomic E-state index is 0. The number of H-pyrrole nitrogens is 1. The summed E-state index contributed by atoms with van der Waals surface area (Å²) in [5, 5.41) is 0. The van der Waals surface area contributed by atoms with Crippen LogP contribution in [0, 0.1) is 0 Å². The Hall–Kier alpha value is -2.42. The van der Waals surface area contributed by atoms with Crippen molar-refractivity contribution in [3.8, 4) is 5.82 Å². The number of hydrogen-bond acceptors (Lipinski definition) is 6. The fourth-order valence-corrected chi connectivity index (χ4v) is 3.01. The lowest BCUT2D eigenvalue weighted by molar-refractivity contribution is 0.122. The average Bonchev–Trinajstić information content (AvgIpc) is 3.28. The van der Waals surface area contributed by atoms with E-state index in [-0.39, 0.29) is 24.8 Å². The molecule has 1 aliphatic heterocycles. The molecule has 0 spiro atoms. The minimum Gasteiger partial charge on any atom is -0.378 e. The van der Waals surface area contributed by atoms with Crippen LogP contribution in [0.15, 0.2) is 36.9 Å². The lowest BCUT2D eigenvalue weighted by Gasteiger charge is -2.26. The first-order chi connectivity index (χ1) is 11.9. The van der Waals surface area contributed by atoms with Crippen LogP contribution >= 0.6 is 24.8 Å². The van der Waals surface area contributed by atoms with Crippen molar-refractivity contribution in [3.05, 3.63) is 36.9 Å². The van der Waals surface area contributed by atoms with Crippen molar-refractivity contribution in [2.45, 2.75) is 0 Å². The van der Waals surface area contributed by atoms with Gasteiger partial charge < -0.3 is 14.6 Å². The number of rotatable bonds is 2. The van der Waals surface area contributed by atoms with Crippen molar-refractivity contribution in [1.82, 2.24) is 29.5 Å². The van der Waals surface area contributed by atoms with Gasteiger partial charge in [0.15, 0.2) is 17.0 Å². The molecule has 4 heterocycles. The van der Waals surface area contributed by atoms with Crippen LogP contribution in [0.4, 0.5) is 5.95 Å². The summed E-state index contributed by atoms with van der Waals surface area (Å²) in [4.78, 5) is 23.5. The molecular weight excluding hydrogens is 377 g/mol. The number of aromatic amines is 1. The molecule has 1 saturated heterocycles. The molecule has 0 aliphatic carbocycles. The molecule has 0 radical (unpaired) electrons. The number of fused-ring (bicyclic) bond motifs is 2. The normalized spacial score (nSPS) is 14.2. The van der Waals surface area contributed by atoms with Crippen molar-refractivity contribution in [1.29, 1.82) is 0 Å². The number of aromatic nitrogens is 6. The van der Waals surface area contributed by atoms with Crippen molar-refractivity contribution in [2.75, 3.05) is 31.2 Å². The van der Waals surface area contributed by atoms with Gasteiger partial charge in [-0.15, -0.1) is 24.8 Å². The molecule has 3 aromatic heterocycles. The Kier molecular flexibility index (Phi) is 5.26. The van der Waals surface area contributed by atoms with Gasteiger partial charge >= 0.3 is 0 Å². The largest absolute Gasteiger partial charge is 0.378 e. The molecular formula is C16H17Cl2N7O. The molecule has 8 nitrogen and oxygen atoms in total. The maximum atomic E-state index is 5.42. The molecule has 26 heavy (non-hydrogen) atoms. The number of ether oxygens (including phenoxy) is 1. The van der Waals surface area contributed by atoms with E-state index >= 15 is 0 Å². The monoisotopic (exact) mass is 393 g/mol. The molecule has 1 aromatic carbocycles. The van der Waals surface area contributed by atoms with Crippen LogP contribution in [0.1, 0.15) is 0 Å². The van der Waals surface area contributed by atoms with Gasteiger partial charge in [0.2, 0.25) is 5.95 Å². The van der Waals surface area contributed by atoms with E-state index in [0.29, 0.717) is 19.2 Å². The fourth-order valence-electron chi connectivity index (χ4n) is 3.01. The molecule has 0 atom stereocenters. The second-order valence-electron chi connectivity index (χ2n) is 5.65. The summed E-state index contributed by atoms with van der Waals surface area (Å²) in [6, 6.07) is 7.98. The highest BCUT2D eigenvalue weighted by Gasteiger charge is 2.19. The summed E-state index contributed by atoms with van der Waals surface area (Å²) in [5.74, 6) is 1.42. The van der Waals surface area contributed by atoms with Crippen LogP contribution in [-0.4, -0.2) is 55.8 Å². The predicted molar refractivity (Wildman–Crippen MR) is 104 cm³/mol.